The monoisotopic (exact) mass is 259 g/mol. The molecule has 1 aromatic carbocycles. The average molecular weight is 259 g/mol. The van der Waals surface area contributed by atoms with Crippen molar-refractivity contribution in [2.75, 3.05) is 13.1 Å². The second-order valence-corrected chi connectivity index (χ2v) is 5.59. The lowest BCUT2D eigenvalue weighted by Gasteiger charge is -2.24. The Balaban J connectivity index is 2.09. The van der Waals surface area contributed by atoms with Crippen molar-refractivity contribution >= 4 is 0 Å². The first kappa shape index (κ1) is 12.4. The maximum absolute atomic E-state index is 14.1. The molecule has 1 N–H and O–H groups in total. The van der Waals surface area contributed by atoms with E-state index in [9.17, 15) is 4.39 Å². The van der Waals surface area contributed by atoms with Crippen LogP contribution in [0.15, 0.2) is 30.7 Å². The highest BCUT2D eigenvalue weighted by Gasteiger charge is 2.33. The molecule has 19 heavy (non-hydrogen) atoms. The largest absolute Gasteiger partial charge is 0.316 e. The van der Waals surface area contributed by atoms with Gasteiger partial charge in [-0.2, -0.15) is 0 Å². The van der Waals surface area contributed by atoms with Crippen molar-refractivity contribution in [3.05, 3.63) is 47.8 Å². The van der Waals surface area contributed by atoms with Crippen LogP contribution in [0.2, 0.25) is 0 Å². The minimum absolute atomic E-state index is 0.0217. The van der Waals surface area contributed by atoms with Gasteiger partial charge in [-0.05, 0) is 37.6 Å². The van der Waals surface area contributed by atoms with Gasteiger partial charge < -0.3 is 5.32 Å². The van der Waals surface area contributed by atoms with Gasteiger partial charge in [-0.25, -0.2) is 9.37 Å². The molecule has 2 heterocycles. The fourth-order valence-corrected chi connectivity index (χ4v) is 2.78. The summed E-state index contributed by atoms with van der Waals surface area (Å²) in [6, 6.07) is 5.31. The smallest absolute Gasteiger partial charge is 0.147 e. The zero-order valence-corrected chi connectivity index (χ0v) is 11.3. The third kappa shape index (κ3) is 2.06. The predicted octanol–water partition coefficient (Wildman–Crippen LogP) is 2.57. The number of imidazole rings is 1. The Kier molecular flexibility index (Phi) is 2.90. The Hall–Kier alpha value is -1.68. The van der Waals surface area contributed by atoms with Crippen molar-refractivity contribution in [2.24, 2.45) is 0 Å². The molecule has 1 fully saturated rings. The summed E-state index contributed by atoms with van der Waals surface area (Å²) >= 11 is 0. The van der Waals surface area contributed by atoms with Crippen molar-refractivity contribution in [1.82, 2.24) is 14.9 Å². The molecule has 0 bridgehead atoms. The molecule has 3 rings (SSSR count). The van der Waals surface area contributed by atoms with Crippen LogP contribution < -0.4 is 5.32 Å². The van der Waals surface area contributed by atoms with Crippen LogP contribution in [0.4, 0.5) is 4.39 Å². The lowest BCUT2D eigenvalue weighted by atomic mass is 9.86. The third-order valence-corrected chi connectivity index (χ3v) is 3.99. The second kappa shape index (κ2) is 4.46. The third-order valence-electron chi connectivity index (χ3n) is 3.99. The van der Waals surface area contributed by atoms with E-state index in [0.717, 1.165) is 30.8 Å². The highest BCUT2D eigenvalue weighted by Crippen LogP contribution is 2.32. The van der Waals surface area contributed by atoms with Gasteiger partial charge in [0, 0.05) is 23.9 Å². The van der Waals surface area contributed by atoms with Crippen LogP contribution in [0.1, 0.15) is 24.6 Å². The highest BCUT2D eigenvalue weighted by atomic mass is 19.1. The summed E-state index contributed by atoms with van der Waals surface area (Å²) in [6.07, 6.45) is 4.60. The van der Waals surface area contributed by atoms with E-state index >= 15 is 0 Å². The van der Waals surface area contributed by atoms with E-state index in [1.165, 1.54) is 0 Å². The van der Waals surface area contributed by atoms with E-state index in [-0.39, 0.29) is 11.2 Å². The molecule has 1 aliphatic heterocycles. The first-order chi connectivity index (χ1) is 9.10. The average Bonchev–Trinajstić information content (AvgIpc) is 2.98. The minimum atomic E-state index is -0.200. The van der Waals surface area contributed by atoms with Crippen LogP contribution >= 0.6 is 0 Å². The molecule has 1 aromatic heterocycles. The van der Waals surface area contributed by atoms with Gasteiger partial charge in [0.05, 0.1) is 12.0 Å². The molecular formula is C15H18FN3. The molecule has 0 radical (unpaired) electrons. The molecule has 1 atom stereocenters. The van der Waals surface area contributed by atoms with Gasteiger partial charge in [0.2, 0.25) is 0 Å². The van der Waals surface area contributed by atoms with E-state index in [0.29, 0.717) is 5.69 Å². The predicted molar refractivity (Wildman–Crippen MR) is 73.1 cm³/mol. The molecule has 0 spiro atoms. The molecule has 0 saturated carbocycles. The molecule has 4 heteroatoms. The fourth-order valence-electron chi connectivity index (χ4n) is 2.78. The van der Waals surface area contributed by atoms with Crippen molar-refractivity contribution in [2.45, 2.75) is 25.7 Å². The van der Waals surface area contributed by atoms with Gasteiger partial charge >= 0.3 is 0 Å². The number of rotatable bonds is 2. The number of nitrogens with zero attached hydrogens (tertiary/aromatic N) is 2. The maximum Gasteiger partial charge on any atom is 0.147 e. The number of hydrogen-bond donors (Lipinski definition) is 1. The lowest BCUT2D eigenvalue weighted by Crippen LogP contribution is -2.27. The van der Waals surface area contributed by atoms with Crippen molar-refractivity contribution in [3.8, 4) is 5.69 Å². The standard InChI is InChI=1S/C15H18FN3/c1-11-3-4-13(12(16)7-11)19-10-18-8-14(19)15(2)5-6-17-9-15/h3-4,7-8,10,17H,5-6,9H2,1-2H3. The Labute approximate surface area is 112 Å². The Bertz CT molecular complexity index is 597. The van der Waals surface area contributed by atoms with E-state index in [1.807, 2.05) is 29.8 Å². The summed E-state index contributed by atoms with van der Waals surface area (Å²) in [7, 11) is 0. The van der Waals surface area contributed by atoms with Crippen LogP contribution in [0.3, 0.4) is 0 Å². The summed E-state index contributed by atoms with van der Waals surface area (Å²) in [5.74, 6) is -0.200. The Morgan fingerprint density at radius 1 is 1.42 bits per heavy atom. The fraction of sp³-hybridized carbons (Fsp3) is 0.400. The number of benzene rings is 1. The second-order valence-electron chi connectivity index (χ2n) is 5.59. The van der Waals surface area contributed by atoms with Crippen LogP contribution in [-0.2, 0) is 5.41 Å². The maximum atomic E-state index is 14.1. The summed E-state index contributed by atoms with van der Waals surface area (Å²) in [4.78, 5) is 4.22. The Morgan fingerprint density at radius 2 is 2.26 bits per heavy atom. The van der Waals surface area contributed by atoms with Crippen molar-refractivity contribution in [1.29, 1.82) is 0 Å². The van der Waals surface area contributed by atoms with Gasteiger partial charge in [0.15, 0.2) is 0 Å². The van der Waals surface area contributed by atoms with Crippen LogP contribution in [0, 0.1) is 12.7 Å². The van der Waals surface area contributed by atoms with Gasteiger partial charge in [0.25, 0.3) is 0 Å². The molecule has 0 amide bonds. The number of aryl methyl sites for hydroxylation is 1. The Morgan fingerprint density at radius 3 is 2.95 bits per heavy atom. The first-order valence-electron chi connectivity index (χ1n) is 6.60. The van der Waals surface area contributed by atoms with Crippen LogP contribution in [-0.4, -0.2) is 22.6 Å². The van der Waals surface area contributed by atoms with E-state index in [4.69, 9.17) is 0 Å². The number of halogens is 1. The van der Waals surface area contributed by atoms with Gasteiger partial charge in [0.1, 0.15) is 5.82 Å². The number of aromatic nitrogens is 2. The van der Waals surface area contributed by atoms with Gasteiger partial charge in [-0.1, -0.05) is 13.0 Å². The van der Waals surface area contributed by atoms with Crippen molar-refractivity contribution in [3.63, 3.8) is 0 Å². The highest BCUT2D eigenvalue weighted by molar-refractivity contribution is 5.39. The summed E-state index contributed by atoms with van der Waals surface area (Å²) in [6.45, 7) is 6.00. The molecular weight excluding hydrogens is 241 g/mol. The summed E-state index contributed by atoms with van der Waals surface area (Å²) < 4.78 is 16.0. The summed E-state index contributed by atoms with van der Waals surface area (Å²) in [5.41, 5.74) is 2.59. The van der Waals surface area contributed by atoms with Gasteiger partial charge in [-0.3, -0.25) is 4.57 Å². The van der Waals surface area contributed by atoms with Crippen LogP contribution in [0.5, 0.6) is 0 Å². The zero-order chi connectivity index (χ0) is 13.5. The first-order valence-corrected chi connectivity index (χ1v) is 6.60. The molecule has 0 aliphatic carbocycles. The van der Waals surface area contributed by atoms with Crippen molar-refractivity contribution < 1.29 is 4.39 Å². The molecule has 100 valence electrons. The SMILES string of the molecule is Cc1ccc(-n2cncc2C2(C)CCNC2)c(F)c1. The molecule has 1 unspecified atom stereocenters. The van der Waals surface area contributed by atoms with E-state index < -0.39 is 0 Å². The lowest BCUT2D eigenvalue weighted by molar-refractivity contribution is 0.495. The van der Waals surface area contributed by atoms with Crippen LogP contribution in [0.25, 0.3) is 5.69 Å². The normalized spacial score (nSPS) is 22.9. The molecule has 1 saturated heterocycles. The molecule has 2 aromatic rings. The summed E-state index contributed by atoms with van der Waals surface area (Å²) in [5, 5.41) is 3.37. The van der Waals surface area contributed by atoms with E-state index in [2.05, 4.69) is 17.2 Å². The topological polar surface area (TPSA) is 29.9 Å². The number of nitrogens with one attached hydrogen (secondary N) is 1. The quantitative estimate of drug-likeness (QED) is 0.898. The zero-order valence-electron chi connectivity index (χ0n) is 11.3. The molecule has 3 nitrogen and oxygen atoms in total. The van der Waals surface area contributed by atoms with Gasteiger partial charge in [-0.15, -0.1) is 0 Å². The minimum Gasteiger partial charge on any atom is -0.316 e. The number of hydrogen-bond acceptors (Lipinski definition) is 2. The van der Waals surface area contributed by atoms with E-state index in [1.54, 1.807) is 12.4 Å². The molecule has 1 aliphatic rings.